The van der Waals surface area contributed by atoms with Crippen LogP contribution in [0.1, 0.15) is 17.1 Å². The van der Waals surface area contributed by atoms with E-state index in [9.17, 15) is 9.59 Å². The van der Waals surface area contributed by atoms with Gasteiger partial charge in [0.25, 0.3) is 5.24 Å². The molecule has 2 amide bonds. The number of aromatic nitrogens is 2. The molecule has 1 N–H and O–H groups in total. The highest BCUT2D eigenvalue weighted by Gasteiger charge is 2.32. The molecule has 32 heavy (non-hydrogen) atoms. The molecule has 0 spiro atoms. The predicted octanol–water partition coefficient (Wildman–Crippen LogP) is 4.61. The summed E-state index contributed by atoms with van der Waals surface area (Å²) in [6, 6.07) is 17.7. The molecular formula is C24H21N3O4S. The molecule has 0 aliphatic carbocycles. The van der Waals surface area contributed by atoms with Gasteiger partial charge in [-0.3, -0.25) is 14.9 Å². The second-order valence-corrected chi connectivity index (χ2v) is 8.85. The van der Waals surface area contributed by atoms with Crippen molar-refractivity contribution in [1.29, 1.82) is 0 Å². The van der Waals surface area contributed by atoms with Crippen LogP contribution in [0.25, 0.3) is 22.4 Å². The lowest BCUT2D eigenvalue weighted by atomic mass is 10.2. The molecule has 162 valence electrons. The maximum absolute atomic E-state index is 11.9. The van der Waals surface area contributed by atoms with Crippen molar-refractivity contribution >= 4 is 33.8 Å². The molecular weight excluding hydrogens is 426 g/mol. The predicted molar refractivity (Wildman–Crippen MR) is 123 cm³/mol. The summed E-state index contributed by atoms with van der Waals surface area (Å²) in [6.45, 7) is 2.18. The fourth-order valence-electron chi connectivity index (χ4n) is 3.79. The molecule has 0 radical (unpaired) electrons. The molecule has 2 aromatic carbocycles. The van der Waals surface area contributed by atoms with E-state index in [2.05, 4.69) is 10.3 Å². The quantitative estimate of drug-likeness (QED) is 0.464. The first-order chi connectivity index (χ1) is 15.5. The van der Waals surface area contributed by atoms with Gasteiger partial charge in [-0.1, -0.05) is 30.0 Å². The summed E-state index contributed by atoms with van der Waals surface area (Å²) in [4.78, 5) is 27.9. The molecule has 1 aliphatic heterocycles. The Morgan fingerprint density at radius 1 is 1.16 bits per heavy atom. The third kappa shape index (κ3) is 3.89. The van der Waals surface area contributed by atoms with Crippen LogP contribution in [0.2, 0.25) is 0 Å². The third-order valence-electron chi connectivity index (χ3n) is 5.57. The molecule has 5 rings (SSSR count). The molecule has 1 unspecified atom stereocenters. The van der Waals surface area contributed by atoms with E-state index in [-0.39, 0.29) is 11.1 Å². The van der Waals surface area contributed by atoms with E-state index in [1.54, 1.807) is 0 Å². The zero-order valence-electron chi connectivity index (χ0n) is 17.6. The Labute approximate surface area is 188 Å². The van der Waals surface area contributed by atoms with Crippen LogP contribution in [-0.2, 0) is 24.9 Å². The molecule has 0 saturated carbocycles. The van der Waals surface area contributed by atoms with Crippen molar-refractivity contribution < 1.29 is 18.7 Å². The van der Waals surface area contributed by atoms with Gasteiger partial charge in [0.05, 0.1) is 10.8 Å². The average molecular weight is 448 g/mol. The third-order valence-corrected chi connectivity index (χ3v) is 6.55. The second kappa shape index (κ2) is 8.20. The van der Waals surface area contributed by atoms with Crippen molar-refractivity contribution in [3.05, 3.63) is 71.7 Å². The SMILES string of the molecule is Cc1oc(-c2ccccc2)nc1COc1ccc2cc(CC3SC(=O)NC3=O)n(C)c2c1. The monoisotopic (exact) mass is 447 g/mol. The first-order valence-corrected chi connectivity index (χ1v) is 11.1. The van der Waals surface area contributed by atoms with Gasteiger partial charge in [-0.05, 0) is 37.3 Å². The van der Waals surface area contributed by atoms with Crippen molar-refractivity contribution in [3.8, 4) is 17.2 Å². The lowest BCUT2D eigenvalue weighted by Gasteiger charge is -2.08. The lowest BCUT2D eigenvalue weighted by molar-refractivity contribution is -0.118. The first kappa shape index (κ1) is 20.4. The van der Waals surface area contributed by atoms with Gasteiger partial charge in [0, 0.05) is 36.2 Å². The van der Waals surface area contributed by atoms with Gasteiger partial charge < -0.3 is 13.7 Å². The minimum atomic E-state index is -0.393. The van der Waals surface area contributed by atoms with Crippen LogP contribution in [0.5, 0.6) is 5.75 Å². The second-order valence-electron chi connectivity index (χ2n) is 7.68. The molecule has 2 aromatic heterocycles. The van der Waals surface area contributed by atoms with E-state index >= 15 is 0 Å². The number of carbonyl (C=O) groups is 2. The van der Waals surface area contributed by atoms with E-state index in [1.165, 1.54) is 0 Å². The van der Waals surface area contributed by atoms with Crippen molar-refractivity contribution in [1.82, 2.24) is 14.9 Å². The Morgan fingerprint density at radius 3 is 2.72 bits per heavy atom. The Hall–Kier alpha value is -3.52. The van der Waals surface area contributed by atoms with Crippen LogP contribution in [0.4, 0.5) is 4.79 Å². The maximum atomic E-state index is 11.9. The van der Waals surface area contributed by atoms with Crippen LogP contribution in [-0.4, -0.2) is 25.9 Å². The molecule has 1 atom stereocenters. The fraction of sp³-hybridized carbons (Fsp3) is 0.208. The van der Waals surface area contributed by atoms with Crippen LogP contribution >= 0.6 is 11.8 Å². The number of fused-ring (bicyclic) bond motifs is 1. The van der Waals surface area contributed by atoms with Gasteiger partial charge in [0.2, 0.25) is 11.8 Å². The topological polar surface area (TPSA) is 86.4 Å². The van der Waals surface area contributed by atoms with Gasteiger partial charge in [0.1, 0.15) is 23.8 Å². The van der Waals surface area contributed by atoms with Gasteiger partial charge in [0.15, 0.2) is 0 Å². The average Bonchev–Trinajstić information content (AvgIpc) is 3.42. The Kier molecular flexibility index (Phi) is 5.22. The molecule has 7 nitrogen and oxygen atoms in total. The summed E-state index contributed by atoms with van der Waals surface area (Å²) >= 11 is 1.04. The highest BCUT2D eigenvalue weighted by molar-refractivity contribution is 8.15. The zero-order chi connectivity index (χ0) is 22.2. The largest absolute Gasteiger partial charge is 0.487 e. The van der Waals surface area contributed by atoms with E-state index in [4.69, 9.17) is 9.15 Å². The number of thioether (sulfide) groups is 1. The smallest absolute Gasteiger partial charge is 0.286 e. The maximum Gasteiger partial charge on any atom is 0.286 e. The van der Waals surface area contributed by atoms with Gasteiger partial charge >= 0.3 is 0 Å². The molecule has 1 saturated heterocycles. The number of amides is 2. The van der Waals surface area contributed by atoms with Gasteiger partial charge in [-0.25, -0.2) is 4.98 Å². The number of aryl methyl sites for hydroxylation is 2. The van der Waals surface area contributed by atoms with Crippen molar-refractivity contribution in [3.63, 3.8) is 0 Å². The zero-order valence-corrected chi connectivity index (χ0v) is 18.4. The summed E-state index contributed by atoms with van der Waals surface area (Å²) < 4.78 is 13.9. The Morgan fingerprint density at radius 2 is 1.97 bits per heavy atom. The number of hydrogen-bond acceptors (Lipinski definition) is 6. The Balaban J connectivity index is 1.32. The number of carbonyl (C=O) groups excluding carboxylic acids is 2. The minimum Gasteiger partial charge on any atom is -0.487 e. The van der Waals surface area contributed by atoms with Gasteiger partial charge in [-0.15, -0.1) is 0 Å². The van der Waals surface area contributed by atoms with E-state index in [0.717, 1.165) is 51.1 Å². The number of ether oxygens (including phenoxy) is 1. The molecule has 1 fully saturated rings. The standard InChI is InChI=1S/C24H21N3O4S/c1-14-19(25-23(31-14)15-6-4-3-5-7-15)13-30-18-9-8-16-10-17(27(2)20(16)12-18)11-21-22(28)26-24(29)32-21/h3-10,12,21H,11,13H2,1-2H3,(H,26,28,29). The summed E-state index contributed by atoms with van der Waals surface area (Å²) in [7, 11) is 1.95. The van der Waals surface area contributed by atoms with Crippen molar-refractivity contribution in [2.75, 3.05) is 0 Å². The van der Waals surface area contributed by atoms with Crippen LogP contribution in [0, 0.1) is 6.92 Å². The summed E-state index contributed by atoms with van der Waals surface area (Å²) in [5.41, 5.74) is 3.66. The Bertz CT molecular complexity index is 1330. The molecule has 1 aliphatic rings. The summed E-state index contributed by atoms with van der Waals surface area (Å²) in [5.74, 6) is 1.80. The van der Waals surface area contributed by atoms with Gasteiger partial charge in [-0.2, -0.15) is 0 Å². The number of oxazole rings is 1. The van der Waals surface area contributed by atoms with Crippen LogP contribution in [0.3, 0.4) is 0 Å². The number of imide groups is 1. The van der Waals surface area contributed by atoms with E-state index < -0.39 is 5.25 Å². The molecule has 4 aromatic rings. The lowest BCUT2D eigenvalue weighted by Crippen LogP contribution is -2.25. The normalized spacial score (nSPS) is 16.0. The summed E-state index contributed by atoms with van der Waals surface area (Å²) in [5, 5.41) is 2.71. The molecule has 8 heteroatoms. The van der Waals surface area contributed by atoms with Crippen LogP contribution in [0.15, 0.2) is 59.0 Å². The molecule has 3 heterocycles. The number of benzene rings is 2. The van der Waals surface area contributed by atoms with E-state index in [0.29, 0.717) is 18.9 Å². The summed E-state index contributed by atoms with van der Waals surface area (Å²) in [6.07, 6.45) is 0.490. The fourth-order valence-corrected chi connectivity index (χ4v) is 4.63. The van der Waals surface area contributed by atoms with E-state index in [1.807, 2.05) is 73.1 Å². The number of nitrogens with zero attached hydrogens (tertiary/aromatic N) is 2. The number of nitrogens with one attached hydrogen (secondary N) is 1. The molecule has 0 bridgehead atoms. The van der Waals surface area contributed by atoms with Crippen molar-refractivity contribution in [2.45, 2.75) is 25.2 Å². The highest BCUT2D eigenvalue weighted by atomic mass is 32.2. The minimum absolute atomic E-state index is 0.230. The number of hydrogen-bond donors (Lipinski definition) is 1. The first-order valence-electron chi connectivity index (χ1n) is 10.2. The van der Waals surface area contributed by atoms with Crippen molar-refractivity contribution in [2.24, 2.45) is 7.05 Å². The highest BCUT2D eigenvalue weighted by Crippen LogP contribution is 2.29. The van der Waals surface area contributed by atoms with Crippen LogP contribution < -0.4 is 10.1 Å². The number of rotatable bonds is 6.